The summed E-state index contributed by atoms with van der Waals surface area (Å²) in [7, 11) is -3.75. The Balaban J connectivity index is 1.71. The SMILES string of the molecule is CCOC(=O)C1(CCO[P@](=O)(CO[C@H](C)Cn2cnc3c(N)ncnc32)NC(C)(CC)C(=O)OC(C)C)CC1. The minimum atomic E-state index is -3.75. The first kappa shape index (κ1) is 30.9. The second-order valence-electron chi connectivity index (χ2n) is 10.4. The van der Waals surface area contributed by atoms with Crippen molar-refractivity contribution in [1.29, 1.82) is 0 Å². The number of nitrogens with two attached hydrogens (primary N) is 1. The first-order valence-corrected chi connectivity index (χ1v) is 15.1. The molecule has 0 aromatic carbocycles. The quantitative estimate of drug-likeness (QED) is 0.224. The van der Waals surface area contributed by atoms with Crippen LogP contribution in [0.3, 0.4) is 0 Å². The van der Waals surface area contributed by atoms with E-state index < -0.39 is 30.5 Å². The van der Waals surface area contributed by atoms with Crippen molar-refractivity contribution in [3.63, 3.8) is 0 Å². The number of carbonyl (C=O) groups is 2. The minimum absolute atomic E-state index is 0.0300. The fraction of sp³-hybridized carbons (Fsp3) is 0.720. The Morgan fingerprint density at radius 2 is 1.95 bits per heavy atom. The van der Waals surface area contributed by atoms with Gasteiger partial charge in [-0.3, -0.25) is 14.2 Å². The maximum absolute atomic E-state index is 14.1. The molecule has 3 rings (SSSR count). The Bertz CT molecular complexity index is 1200. The number of anilines is 1. The van der Waals surface area contributed by atoms with Gasteiger partial charge in [0.1, 0.15) is 23.7 Å². The van der Waals surface area contributed by atoms with E-state index in [0.29, 0.717) is 50.0 Å². The van der Waals surface area contributed by atoms with Crippen molar-refractivity contribution in [2.75, 3.05) is 25.3 Å². The summed E-state index contributed by atoms with van der Waals surface area (Å²) >= 11 is 0. The molecule has 0 radical (unpaired) electrons. The highest BCUT2D eigenvalue weighted by Crippen LogP contribution is 2.52. The van der Waals surface area contributed by atoms with Gasteiger partial charge in [0.15, 0.2) is 11.5 Å². The number of hydrogen-bond donors (Lipinski definition) is 2. The van der Waals surface area contributed by atoms with E-state index in [1.807, 2.05) is 6.92 Å². The number of carbonyl (C=O) groups excluding carboxylic acids is 2. The first-order chi connectivity index (χ1) is 18.4. The molecule has 39 heavy (non-hydrogen) atoms. The molecule has 1 saturated carbocycles. The number of fused-ring (bicyclic) bond motifs is 1. The van der Waals surface area contributed by atoms with Gasteiger partial charge in [-0.2, -0.15) is 0 Å². The Morgan fingerprint density at radius 3 is 2.56 bits per heavy atom. The number of imidazole rings is 1. The zero-order chi connectivity index (χ0) is 28.8. The summed E-state index contributed by atoms with van der Waals surface area (Å²) in [6.45, 7) is 11.2. The third-order valence-corrected chi connectivity index (χ3v) is 8.70. The lowest BCUT2D eigenvalue weighted by Crippen LogP contribution is -2.49. The standard InChI is InChI=1S/C25H41N6O7P/c1-7-24(6,22(32)38-17(3)4)30-39(34,37-12-11-25(9-10-25)23(33)35-8-2)16-36-18(5)13-31-15-29-19-20(26)27-14-28-21(19)31/h14-15,17-18H,7-13,16H2,1-6H3,(H,30,34)(H2,26,27,28)/t18-,24?,39-/m1/s1. The third kappa shape index (κ3) is 7.75. The van der Waals surface area contributed by atoms with Gasteiger partial charge in [0, 0.05) is 0 Å². The van der Waals surface area contributed by atoms with Crippen LogP contribution < -0.4 is 10.8 Å². The number of rotatable bonds is 16. The zero-order valence-electron chi connectivity index (χ0n) is 23.6. The molecule has 13 nitrogen and oxygen atoms in total. The molecule has 0 saturated heterocycles. The van der Waals surface area contributed by atoms with Crippen LogP contribution >= 0.6 is 7.52 Å². The predicted octanol–water partition coefficient (Wildman–Crippen LogP) is 3.42. The van der Waals surface area contributed by atoms with Crippen molar-refractivity contribution in [1.82, 2.24) is 24.6 Å². The normalized spacial score (nSPS) is 18.3. The average molecular weight is 569 g/mol. The van der Waals surface area contributed by atoms with Gasteiger partial charge >= 0.3 is 11.9 Å². The van der Waals surface area contributed by atoms with Crippen molar-refractivity contribution < 1.29 is 32.9 Å². The lowest BCUT2D eigenvalue weighted by molar-refractivity contribution is -0.154. The number of ether oxygens (including phenoxy) is 3. The number of nitrogens with zero attached hydrogens (tertiary/aromatic N) is 4. The molecule has 0 aliphatic heterocycles. The Morgan fingerprint density at radius 1 is 1.23 bits per heavy atom. The number of esters is 2. The van der Waals surface area contributed by atoms with Crippen LogP contribution in [0.15, 0.2) is 12.7 Å². The summed E-state index contributed by atoms with van der Waals surface area (Å²) in [6, 6.07) is 0. The van der Waals surface area contributed by atoms with E-state index in [9.17, 15) is 14.2 Å². The summed E-state index contributed by atoms with van der Waals surface area (Å²) < 4.78 is 38.4. The zero-order valence-corrected chi connectivity index (χ0v) is 24.5. The fourth-order valence-electron chi connectivity index (χ4n) is 4.06. The van der Waals surface area contributed by atoms with E-state index in [4.69, 9.17) is 24.5 Å². The molecule has 3 N–H and O–H groups in total. The second kappa shape index (κ2) is 12.7. The van der Waals surface area contributed by atoms with Crippen LogP contribution in [0.1, 0.15) is 67.2 Å². The molecule has 1 aliphatic carbocycles. The lowest BCUT2D eigenvalue weighted by atomic mass is 10.0. The predicted molar refractivity (Wildman–Crippen MR) is 145 cm³/mol. The van der Waals surface area contributed by atoms with Crippen molar-refractivity contribution in [3.8, 4) is 0 Å². The fourth-order valence-corrected chi connectivity index (χ4v) is 6.10. The van der Waals surface area contributed by atoms with Crippen LogP contribution in [0.25, 0.3) is 11.2 Å². The van der Waals surface area contributed by atoms with Crippen molar-refractivity contribution in [2.24, 2.45) is 5.41 Å². The molecular formula is C25H41N6O7P. The molecule has 2 heterocycles. The van der Waals surface area contributed by atoms with Crippen LogP contribution in [0, 0.1) is 5.41 Å². The molecule has 1 fully saturated rings. The number of nitrogen functional groups attached to an aromatic ring is 1. The Kier molecular flexibility index (Phi) is 10.1. The van der Waals surface area contributed by atoms with Gasteiger partial charge in [-0.05, 0) is 60.3 Å². The molecule has 1 unspecified atom stereocenters. The maximum Gasteiger partial charge on any atom is 0.326 e. The largest absolute Gasteiger partial charge is 0.466 e. The average Bonchev–Trinajstić information content (AvgIpc) is 3.56. The van der Waals surface area contributed by atoms with E-state index in [-0.39, 0.29) is 30.8 Å². The van der Waals surface area contributed by atoms with Gasteiger partial charge in [0.25, 0.3) is 7.52 Å². The highest BCUT2D eigenvalue weighted by Gasteiger charge is 2.51. The smallest absolute Gasteiger partial charge is 0.326 e. The molecule has 0 bridgehead atoms. The first-order valence-electron chi connectivity index (χ1n) is 13.3. The maximum atomic E-state index is 14.1. The molecule has 0 amide bonds. The Labute approximate surface area is 229 Å². The summed E-state index contributed by atoms with van der Waals surface area (Å²) in [5, 5.41) is 2.94. The highest BCUT2D eigenvalue weighted by molar-refractivity contribution is 7.56. The monoisotopic (exact) mass is 568 g/mol. The molecule has 14 heteroatoms. The summed E-state index contributed by atoms with van der Waals surface area (Å²) in [6.07, 6.45) is 3.91. The molecule has 2 aromatic heterocycles. The molecule has 218 valence electrons. The van der Waals surface area contributed by atoms with Gasteiger partial charge in [-0.15, -0.1) is 0 Å². The second-order valence-corrected chi connectivity index (χ2v) is 12.5. The summed E-state index contributed by atoms with van der Waals surface area (Å²) in [5.41, 5.74) is 5.03. The Hall–Kier alpha value is -2.60. The molecule has 3 atom stereocenters. The number of nitrogens with one attached hydrogen (secondary N) is 1. The molecule has 0 spiro atoms. The van der Waals surface area contributed by atoms with Crippen LogP contribution in [-0.2, 0) is 39.4 Å². The van der Waals surface area contributed by atoms with Gasteiger partial charge in [-0.1, -0.05) is 6.92 Å². The number of aromatic nitrogens is 4. The van der Waals surface area contributed by atoms with Crippen molar-refractivity contribution in [3.05, 3.63) is 12.7 Å². The molecular weight excluding hydrogens is 527 g/mol. The van der Waals surface area contributed by atoms with Crippen LogP contribution in [0.2, 0.25) is 0 Å². The minimum Gasteiger partial charge on any atom is -0.466 e. The van der Waals surface area contributed by atoms with Gasteiger partial charge < -0.3 is 29.0 Å². The van der Waals surface area contributed by atoms with Gasteiger partial charge in [0.2, 0.25) is 0 Å². The van der Waals surface area contributed by atoms with Crippen molar-refractivity contribution >= 4 is 36.4 Å². The lowest BCUT2D eigenvalue weighted by Gasteiger charge is -2.33. The molecule has 2 aromatic rings. The third-order valence-electron chi connectivity index (χ3n) is 6.77. The van der Waals surface area contributed by atoms with Crippen LogP contribution in [-0.4, -0.2) is 68.8 Å². The van der Waals surface area contributed by atoms with E-state index in [1.54, 1.807) is 45.5 Å². The van der Waals surface area contributed by atoms with E-state index in [2.05, 4.69) is 20.0 Å². The van der Waals surface area contributed by atoms with E-state index >= 15 is 0 Å². The van der Waals surface area contributed by atoms with Crippen LogP contribution in [0.4, 0.5) is 5.82 Å². The summed E-state index contributed by atoms with van der Waals surface area (Å²) in [4.78, 5) is 37.7. The topological polar surface area (TPSA) is 170 Å². The van der Waals surface area contributed by atoms with E-state index in [0.717, 1.165) is 0 Å². The van der Waals surface area contributed by atoms with Gasteiger partial charge in [-0.25, -0.2) is 20.0 Å². The van der Waals surface area contributed by atoms with Gasteiger partial charge in [0.05, 0.1) is 43.7 Å². The van der Waals surface area contributed by atoms with E-state index in [1.165, 1.54) is 6.33 Å². The van der Waals surface area contributed by atoms with Crippen molar-refractivity contribution in [2.45, 2.75) is 91.5 Å². The number of hydrogen-bond acceptors (Lipinski definition) is 11. The van der Waals surface area contributed by atoms with Crippen LogP contribution in [0.5, 0.6) is 0 Å². The summed E-state index contributed by atoms with van der Waals surface area (Å²) in [5.74, 6) is -0.529. The highest BCUT2D eigenvalue weighted by atomic mass is 31.2. The molecule has 1 aliphatic rings.